The second kappa shape index (κ2) is 8.23. The molecular formula is C24H17N5O4S. The average molecular weight is 471 g/mol. The summed E-state index contributed by atoms with van der Waals surface area (Å²) in [5.41, 5.74) is 1.80. The quantitative estimate of drug-likeness (QED) is 0.392. The highest BCUT2D eigenvalue weighted by molar-refractivity contribution is 7.99. The van der Waals surface area contributed by atoms with Crippen LogP contribution in [0.15, 0.2) is 82.7 Å². The van der Waals surface area contributed by atoms with Crippen LogP contribution in [-0.4, -0.2) is 37.6 Å². The summed E-state index contributed by atoms with van der Waals surface area (Å²) in [4.78, 5) is 25.9. The first-order valence-corrected chi connectivity index (χ1v) is 11.4. The fourth-order valence-electron chi connectivity index (χ4n) is 3.88. The third kappa shape index (κ3) is 3.44. The maximum atomic E-state index is 13.3. The van der Waals surface area contributed by atoms with E-state index in [4.69, 9.17) is 9.47 Å². The molecule has 0 unspecified atom stereocenters. The summed E-state index contributed by atoms with van der Waals surface area (Å²) in [7, 11) is 0. The van der Waals surface area contributed by atoms with Crippen LogP contribution in [0.1, 0.15) is 0 Å². The lowest BCUT2D eigenvalue weighted by Gasteiger charge is -2.11. The van der Waals surface area contributed by atoms with Crippen LogP contribution in [0.2, 0.25) is 0 Å². The van der Waals surface area contributed by atoms with E-state index in [1.807, 2.05) is 52.9 Å². The summed E-state index contributed by atoms with van der Waals surface area (Å²) in [6, 6.07) is 21.8. The molecule has 0 saturated carbocycles. The lowest BCUT2D eigenvalue weighted by atomic mass is 10.2. The maximum absolute atomic E-state index is 13.3. The number of para-hydroxylation sites is 2. The van der Waals surface area contributed by atoms with Crippen LogP contribution in [0.25, 0.3) is 22.4 Å². The second-order valence-electron chi connectivity index (χ2n) is 7.52. The molecule has 34 heavy (non-hydrogen) atoms. The molecule has 0 saturated heterocycles. The van der Waals surface area contributed by atoms with Gasteiger partial charge in [-0.15, -0.1) is 10.2 Å². The molecule has 3 aromatic carbocycles. The van der Waals surface area contributed by atoms with E-state index in [9.17, 15) is 9.59 Å². The first-order valence-electron chi connectivity index (χ1n) is 10.5. The number of thioether (sulfide) groups is 1. The highest BCUT2D eigenvalue weighted by atomic mass is 32.2. The van der Waals surface area contributed by atoms with E-state index < -0.39 is 0 Å². The number of benzene rings is 3. The first kappa shape index (κ1) is 20.3. The number of ether oxygens (including phenoxy) is 2. The molecule has 9 nitrogen and oxygen atoms in total. The Morgan fingerprint density at radius 2 is 1.76 bits per heavy atom. The Morgan fingerprint density at radius 1 is 0.971 bits per heavy atom. The van der Waals surface area contributed by atoms with Crippen LogP contribution in [0.4, 0.5) is 5.69 Å². The van der Waals surface area contributed by atoms with E-state index in [0.29, 0.717) is 44.7 Å². The number of carbonyl (C=O) groups is 1. The number of aromatic nitrogens is 4. The van der Waals surface area contributed by atoms with Crippen molar-refractivity contribution >= 4 is 40.0 Å². The molecule has 1 aliphatic heterocycles. The van der Waals surface area contributed by atoms with E-state index in [1.165, 1.54) is 16.3 Å². The van der Waals surface area contributed by atoms with Crippen molar-refractivity contribution in [3.05, 3.63) is 83.2 Å². The molecule has 0 radical (unpaired) electrons. The summed E-state index contributed by atoms with van der Waals surface area (Å²) in [5, 5.41) is 12.5. The predicted octanol–water partition coefficient (Wildman–Crippen LogP) is 3.49. The molecule has 168 valence electrons. The Labute approximate surface area is 196 Å². The van der Waals surface area contributed by atoms with Crippen molar-refractivity contribution in [1.29, 1.82) is 0 Å². The molecular weight excluding hydrogens is 454 g/mol. The number of hydrogen-bond acceptors (Lipinski definition) is 7. The summed E-state index contributed by atoms with van der Waals surface area (Å²) in [6.07, 6.45) is 0. The van der Waals surface area contributed by atoms with Gasteiger partial charge in [0.15, 0.2) is 16.7 Å². The van der Waals surface area contributed by atoms with E-state index in [1.54, 1.807) is 24.3 Å². The molecule has 0 atom stereocenters. The number of amides is 1. The number of carbonyl (C=O) groups excluding carboxylic acids is 1. The number of nitrogens with one attached hydrogen (secondary N) is 1. The smallest absolute Gasteiger partial charge is 0.267 e. The molecule has 10 heteroatoms. The van der Waals surface area contributed by atoms with Crippen molar-refractivity contribution in [3.8, 4) is 17.2 Å². The number of rotatable bonds is 5. The molecule has 0 aliphatic carbocycles. The van der Waals surface area contributed by atoms with Crippen molar-refractivity contribution in [2.75, 3.05) is 17.9 Å². The zero-order valence-corrected chi connectivity index (χ0v) is 18.5. The number of hydrogen-bond donors (Lipinski definition) is 1. The fourth-order valence-corrected chi connectivity index (χ4v) is 4.62. The molecule has 1 aliphatic rings. The molecule has 0 spiro atoms. The monoisotopic (exact) mass is 471 g/mol. The van der Waals surface area contributed by atoms with Crippen molar-refractivity contribution in [3.63, 3.8) is 0 Å². The van der Waals surface area contributed by atoms with E-state index in [2.05, 4.69) is 15.5 Å². The van der Waals surface area contributed by atoms with Gasteiger partial charge in [0, 0.05) is 11.8 Å². The Kier molecular flexibility index (Phi) is 4.92. The van der Waals surface area contributed by atoms with Gasteiger partial charge < -0.3 is 14.8 Å². The van der Waals surface area contributed by atoms with Crippen molar-refractivity contribution in [2.24, 2.45) is 0 Å². The topological polar surface area (TPSA) is 99.8 Å². The molecule has 6 rings (SSSR count). The highest BCUT2D eigenvalue weighted by Gasteiger charge is 2.19. The Hall–Kier alpha value is -4.31. The van der Waals surface area contributed by atoms with Crippen molar-refractivity contribution in [1.82, 2.24) is 19.2 Å². The van der Waals surface area contributed by atoms with Crippen LogP contribution < -0.4 is 20.3 Å². The highest BCUT2D eigenvalue weighted by Crippen LogP contribution is 2.34. The van der Waals surface area contributed by atoms with Gasteiger partial charge in [-0.25, -0.2) is 4.57 Å². The molecule has 1 amide bonds. The standard InChI is InChI=1S/C24H17N5O4S/c30-21(25-15-10-11-19-20(12-15)33-14-32-19)13-34-24-27-26-23-28(16-6-2-1-3-7-16)22(31)17-8-4-5-9-18(17)29(23)24/h1-12H,13-14H2,(H,25,30). The Bertz CT molecular complexity index is 1610. The minimum atomic E-state index is -0.207. The third-order valence-corrected chi connectivity index (χ3v) is 6.33. The van der Waals surface area contributed by atoms with Gasteiger partial charge in [-0.3, -0.25) is 14.0 Å². The maximum Gasteiger partial charge on any atom is 0.267 e. The van der Waals surface area contributed by atoms with Gasteiger partial charge in [0.1, 0.15) is 0 Å². The Morgan fingerprint density at radius 3 is 2.65 bits per heavy atom. The average Bonchev–Trinajstić information content (AvgIpc) is 3.50. The summed E-state index contributed by atoms with van der Waals surface area (Å²) >= 11 is 1.24. The molecule has 3 heterocycles. The summed E-state index contributed by atoms with van der Waals surface area (Å²) < 4.78 is 14.0. The zero-order chi connectivity index (χ0) is 23.1. The predicted molar refractivity (Wildman–Crippen MR) is 128 cm³/mol. The van der Waals surface area contributed by atoms with Gasteiger partial charge in [-0.2, -0.15) is 0 Å². The van der Waals surface area contributed by atoms with Gasteiger partial charge in [0.25, 0.3) is 5.56 Å². The molecule has 0 bridgehead atoms. The normalized spacial score (nSPS) is 12.4. The lowest BCUT2D eigenvalue weighted by Crippen LogP contribution is -2.21. The number of fused-ring (bicyclic) bond motifs is 4. The fraction of sp³-hybridized carbons (Fsp3) is 0.0833. The minimum Gasteiger partial charge on any atom is -0.454 e. The van der Waals surface area contributed by atoms with E-state index >= 15 is 0 Å². The third-order valence-electron chi connectivity index (χ3n) is 5.40. The number of anilines is 1. The van der Waals surface area contributed by atoms with Crippen LogP contribution in [0.3, 0.4) is 0 Å². The molecule has 0 fully saturated rings. The van der Waals surface area contributed by atoms with Crippen molar-refractivity contribution in [2.45, 2.75) is 5.16 Å². The van der Waals surface area contributed by atoms with Gasteiger partial charge in [0.05, 0.1) is 22.3 Å². The zero-order valence-electron chi connectivity index (χ0n) is 17.7. The largest absolute Gasteiger partial charge is 0.454 e. The molecule has 2 aromatic heterocycles. The lowest BCUT2D eigenvalue weighted by molar-refractivity contribution is -0.113. The van der Waals surface area contributed by atoms with Gasteiger partial charge in [-0.1, -0.05) is 42.1 Å². The number of nitrogens with zero attached hydrogens (tertiary/aromatic N) is 4. The van der Waals surface area contributed by atoms with E-state index in [-0.39, 0.29) is 24.0 Å². The Balaban J connectivity index is 1.34. The summed E-state index contributed by atoms with van der Waals surface area (Å²) in [6.45, 7) is 0.171. The molecule has 1 N–H and O–H groups in total. The second-order valence-corrected chi connectivity index (χ2v) is 8.46. The van der Waals surface area contributed by atoms with Gasteiger partial charge in [0.2, 0.25) is 18.5 Å². The first-order chi connectivity index (χ1) is 16.7. The van der Waals surface area contributed by atoms with Crippen LogP contribution >= 0.6 is 11.8 Å². The van der Waals surface area contributed by atoms with Crippen molar-refractivity contribution < 1.29 is 14.3 Å². The van der Waals surface area contributed by atoms with Crippen LogP contribution in [0.5, 0.6) is 11.5 Å². The minimum absolute atomic E-state index is 0.105. The van der Waals surface area contributed by atoms with Gasteiger partial charge in [-0.05, 0) is 36.4 Å². The van der Waals surface area contributed by atoms with Gasteiger partial charge >= 0.3 is 0 Å². The van der Waals surface area contributed by atoms with Crippen LogP contribution in [-0.2, 0) is 4.79 Å². The van der Waals surface area contributed by atoms with E-state index in [0.717, 1.165) is 0 Å². The summed E-state index contributed by atoms with van der Waals surface area (Å²) in [5.74, 6) is 1.53. The SMILES string of the molecule is O=C(CSc1nnc2n(-c3ccccc3)c(=O)c3ccccc3n12)Nc1ccc2c(c1)OCO2. The molecule has 5 aromatic rings. The van der Waals surface area contributed by atoms with Crippen LogP contribution in [0, 0.1) is 0 Å².